The Morgan fingerprint density at radius 1 is 1.12 bits per heavy atom. The third kappa shape index (κ3) is 2.97. The molecule has 0 aliphatic carbocycles. The SMILES string of the molecule is COc1ccc(-c2[nH]c3ccc(Br)cc3c2CC(=O)O)cc1OC. The molecule has 2 aromatic carbocycles. The average Bonchev–Trinajstić information content (AvgIpc) is 2.91. The summed E-state index contributed by atoms with van der Waals surface area (Å²) in [5.41, 5.74) is 3.24. The van der Waals surface area contributed by atoms with E-state index in [2.05, 4.69) is 20.9 Å². The van der Waals surface area contributed by atoms with Gasteiger partial charge in [0.05, 0.1) is 26.3 Å². The maximum Gasteiger partial charge on any atom is 0.307 e. The molecule has 5 nitrogen and oxygen atoms in total. The molecule has 0 aliphatic rings. The van der Waals surface area contributed by atoms with Gasteiger partial charge in [0, 0.05) is 20.9 Å². The first-order chi connectivity index (χ1) is 11.5. The molecule has 0 spiro atoms. The normalized spacial score (nSPS) is 10.8. The lowest BCUT2D eigenvalue weighted by atomic mass is 10.0. The molecule has 0 amide bonds. The monoisotopic (exact) mass is 389 g/mol. The molecule has 0 aliphatic heterocycles. The maximum absolute atomic E-state index is 11.3. The van der Waals surface area contributed by atoms with Crippen LogP contribution in [0.15, 0.2) is 40.9 Å². The highest BCUT2D eigenvalue weighted by Gasteiger charge is 2.17. The second-order valence-electron chi connectivity index (χ2n) is 5.31. The standard InChI is InChI=1S/C18H16BrNO4/c1-23-15-6-3-10(7-16(15)24-2)18-13(9-17(21)22)12-8-11(19)4-5-14(12)20-18/h3-8,20H,9H2,1-2H3,(H,21,22). The summed E-state index contributed by atoms with van der Waals surface area (Å²) in [5.74, 6) is 0.341. The molecular formula is C18H16BrNO4. The van der Waals surface area contributed by atoms with E-state index >= 15 is 0 Å². The quantitative estimate of drug-likeness (QED) is 0.684. The van der Waals surface area contributed by atoms with Gasteiger partial charge >= 0.3 is 5.97 Å². The molecule has 2 N–H and O–H groups in total. The molecule has 1 aromatic heterocycles. The molecular weight excluding hydrogens is 374 g/mol. The summed E-state index contributed by atoms with van der Waals surface area (Å²) >= 11 is 3.44. The number of H-pyrrole nitrogens is 1. The van der Waals surface area contributed by atoms with Gasteiger partial charge in [-0.25, -0.2) is 0 Å². The molecule has 0 fully saturated rings. The van der Waals surface area contributed by atoms with Crippen LogP contribution in [0.2, 0.25) is 0 Å². The van der Waals surface area contributed by atoms with Gasteiger partial charge in [-0.05, 0) is 42.0 Å². The van der Waals surface area contributed by atoms with E-state index in [4.69, 9.17) is 9.47 Å². The highest BCUT2D eigenvalue weighted by atomic mass is 79.9. The van der Waals surface area contributed by atoms with Gasteiger partial charge in [0.1, 0.15) is 0 Å². The van der Waals surface area contributed by atoms with Crippen molar-refractivity contribution in [2.45, 2.75) is 6.42 Å². The average molecular weight is 390 g/mol. The first-order valence-electron chi connectivity index (χ1n) is 7.27. The van der Waals surface area contributed by atoms with Gasteiger partial charge < -0.3 is 19.6 Å². The Balaban J connectivity index is 2.23. The van der Waals surface area contributed by atoms with Gasteiger partial charge in [-0.2, -0.15) is 0 Å². The molecule has 0 saturated heterocycles. The van der Waals surface area contributed by atoms with E-state index in [0.717, 1.165) is 32.2 Å². The summed E-state index contributed by atoms with van der Waals surface area (Å²) in [6.45, 7) is 0. The predicted molar refractivity (Wildman–Crippen MR) is 95.9 cm³/mol. The third-order valence-electron chi connectivity index (χ3n) is 3.87. The van der Waals surface area contributed by atoms with Crippen molar-refractivity contribution in [3.63, 3.8) is 0 Å². The van der Waals surface area contributed by atoms with Crippen LogP contribution >= 0.6 is 15.9 Å². The Hall–Kier alpha value is -2.47. The molecule has 6 heteroatoms. The molecule has 124 valence electrons. The lowest BCUT2D eigenvalue weighted by Crippen LogP contribution is -2.01. The molecule has 3 aromatic rings. The molecule has 0 saturated carbocycles. The summed E-state index contributed by atoms with van der Waals surface area (Å²) in [6.07, 6.45) is -0.0693. The van der Waals surface area contributed by atoms with E-state index in [1.165, 1.54) is 0 Å². The number of methoxy groups -OCH3 is 2. The number of aromatic nitrogens is 1. The second-order valence-corrected chi connectivity index (χ2v) is 6.22. The highest BCUT2D eigenvalue weighted by molar-refractivity contribution is 9.10. The predicted octanol–water partition coefficient (Wildman–Crippen LogP) is 4.24. The fourth-order valence-corrected chi connectivity index (χ4v) is 3.15. The third-order valence-corrected chi connectivity index (χ3v) is 4.36. The number of halogens is 1. The van der Waals surface area contributed by atoms with Gasteiger partial charge in [-0.1, -0.05) is 15.9 Å². The van der Waals surface area contributed by atoms with E-state index in [0.29, 0.717) is 11.5 Å². The van der Waals surface area contributed by atoms with E-state index in [1.54, 1.807) is 20.3 Å². The lowest BCUT2D eigenvalue weighted by molar-refractivity contribution is -0.136. The summed E-state index contributed by atoms with van der Waals surface area (Å²) in [7, 11) is 3.15. The van der Waals surface area contributed by atoms with Crippen LogP contribution in [0, 0.1) is 0 Å². The number of carboxylic acid groups (broad SMARTS) is 1. The Morgan fingerprint density at radius 3 is 2.54 bits per heavy atom. The zero-order valence-electron chi connectivity index (χ0n) is 13.2. The molecule has 0 bridgehead atoms. The van der Waals surface area contributed by atoms with Crippen molar-refractivity contribution in [2.75, 3.05) is 14.2 Å². The van der Waals surface area contributed by atoms with Crippen LogP contribution in [0.3, 0.4) is 0 Å². The molecule has 24 heavy (non-hydrogen) atoms. The number of fused-ring (bicyclic) bond motifs is 1. The Bertz CT molecular complexity index is 917. The van der Waals surface area contributed by atoms with Crippen LogP contribution in [-0.4, -0.2) is 30.3 Å². The summed E-state index contributed by atoms with van der Waals surface area (Å²) < 4.78 is 11.5. The Labute approximate surface area is 147 Å². The molecule has 0 unspecified atom stereocenters. The van der Waals surface area contributed by atoms with Gasteiger partial charge in [0.25, 0.3) is 0 Å². The van der Waals surface area contributed by atoms with Gasteiger partial charge in [0.2, 0.25) is 0 Å². The van der Waals surface area contributed by atoms with Crippen LogP contribution in [-0.2, 0) is 11.2 Å². The summed E-state index contributed by atoms with van der Waals surface area (Å²) in [5, 5.41) is 10.2. The minimum absolute atomic E-state index is 0.0693. The first kappa shape index (κ1) is 16.4. The number of nitrogens with one attached hydrogen (secondary N) is 1. The highest BCUT2D eigenvalue weighted by Crippen LogP contribution is 2.36. The van der Waals surface area contributed by atoms with Crippen LogP contribution in [0.1, 0.15) is 5.56 Å². The van der Waals surface area contributed by atoms with Gasteiger partial charge in [0.15, 0.2) is 11.5 Å². The lowest BCUT2D eigenvalue weighted by Gasteiger charge is -2.10. The number of benzene rings is 2. The van der Waals surface area contributed by atoms with Crippen LogP contribution in [0.4, 0.5) is 0 Å². The van der Waals surface area contributed by atoms with Gasteiger partial charge in [-0.15, -0.1) is 0 Å². The number of aromatic amines is 1. The fraction of sp³-hybridized carbons (Fsp3) is 0.167. The molecule has 3 rings (SSSR count). The number of rotatable bonds is 5. The molecule has 0 radical (unpaired) electrons. The van der Waals surface area contributed by atoms with Crippen LogP contribution < -0.4 is 9.47 Å². The second kappa shape index (κ2) is 6.57. The van der Waals surface area contributed by atoms with E-state index in [1.807, 2.05) is 30.3 Å². The number of hydrogen-bond acceptors (Lipinski definition) is 3. The van der Waals surface area contributed by atoms with Crippen molar-refractivity contribution in [3.8, 4) is 22.8 Å². The number of ether oxygens (including phenoxy) is 2. The zero-order chi connectivity index (χ0) is 17.3. The topological polar surface area (TPSA) is 71.6 Å². The van der Waals surface area contributed by atoms with Gasteiger partial charge in [-0.3, -0.25) is 4.79 Å². The van der Waals surface area contributed by atoms with Crippen molar-refractivity contribution < 1.29 is 19.4 Å². The molecule has 0 atom stereocenters. The van der Waals surface area contributed by atoms with Crippen LogP contribution in [0.5, 0.6) is 11.5 Å². The van der Waals surface area contributed by atoms with E-state index in [9.17, 15) is 9.90 Å². The van der Waals surface area contributed by atoms with Crippen molar-refractivity contribution in [2.24, 2.45) is 0 Å². The van der Waals surface area contributed by atoms with Crippen molar-refractivity contribution in [3.05, 3.63) is 46.4 Å². The largest absolute Gasteiger partial charge is 0.493 e. The molecule has 1 heterocycles. The maximum atomic E-state index is 11.3. The Kier molecular flexibility index (Phi) is 4.49. The minimum atomic E-state index is -0.877. The number of hydrogen-bond donors (Lipinski definition) is 2. The van der Waals surface area contributed by atoms with E-state index < -0.39 is 5.97 Å². The van der Waals surface area contributed by atoms with Crippen molar-refractivity contribution in [1.29, 1.82) is 0 Å². The zero-order valence-corrected chi connectivity index (χ0v) is 14.8. The first-order valence-corrected chi connectivity index (χ1v) is 8.07. The minimum Gasteiger partial charge on any atom is -0.493 e. The summed E-state index contributed by atoms with van der Waals surface area (Å²) in [6, 6.07) is 11.3. The Morgan fingerprint density at radius 2 is 1.88 bits per heavy atom. The smallest absolute Gasteiger partial charge is 0.307 e. The summed E-state index contributed by atoms with van der Waals surface area (Å²) in [4.78, 5) is 14.7. The van der Waals surface area contributed by atoms with Crippen molar-refractivity contribution in [1.82, 2.24) is 4.98 Å². The number of carbonyl (C=O) groups is 1. The van der Waals surface area contributed by atoms with Crippen molar-refractivity contribution >= 4 is 32.8 Å². The van der Waals surface area contributed by atoms with Crippen LogP contribution in [0.25, 0.3) is 22.2 Å². The number of carboxylic acids is 1. The number of aliphatic carboxylic acids is 1. The van der Waals surface area contributed by atoms with E-state index in [-0.39, 0.29) is 6.42 Å². The fourth-order valence-electron chi connectivity index (χ4n) is 2.79.